The summed E-state index contributed by atoms with van der Waals surface area (Å²) in [5.74, 6) is 0.915. The highest BCUT2D eigenvalue weighted by molar-refractivity contribution is 5.83. The molecule has 1 aliphatic heterocycles. The van der Waals surface area contributed by atoms with Crippen molar-refractivity contribution in [1.29, 1.82) is 0 Å². The van der Waals surface area contributed by atoms with Crippen LogP contribution in [0.25, 0.3) is 16.9 Å². The molecule has 1 aliphatic rings. The number of hydrogen-bond acceptors (Lipinski definition) is 7. The molecule has 0 radical (unpaired) electrons. The summed E-state index contributed by atoms with van der Waals surface area (Å²) in [6.45, 7) is 2.05. The van der Waals surface area contributed by atoms with Gasteiger partial charge in [-0.2, -0.15) is 9.97 Å². The molecule has 1 aromatic carbocycles. The number of benzene rings is 1. The number of likely N-dealkylation sites (tertiary alicyclic amines) is 1. The van der Waals surface area contributed by atoms with Crippen LogP contribution in [0.3, 0.4) is 0 Å². The molecule has 0 saturated carbocycles. The number of nitrogens with two attached hydrogens (primary N) is 1. The molecular weight excluding hydrogens is 382 g/mol. The van der Waals surface area contributed by atoms with Crippen LogP contribution in [0.15, 0.2) is 49.3 Å². The fourth-order valence-electron chi connectivity index (χ4n) is 3.61. The minimum Gasteiger partial charge on any atom is -0.382 e. The zero-order valence-electron chi connectivity index (χ0n) is 16.3. The molecule has 4 aromatic rings. The minimum absolute atomic E-state index is 0.204. The molecule has 1 amide bonds. The number of carbonyl (C=O) groups is 1. The Morgan fingerprint density at radius 3 is 2.70 bits per heavy atom. The normalized spacial score (nSPS) is 14.0. The number of hydrogen-bond donors (Lipinski definition) is 2. The maximum Gasteiger partial charge on any atom is 0.231 e. The average molecular weight is 403 g/mol. The fraction of sp³-hybridized carbons (Fsp3) is 0.250. The van der Waals surface area contributed by atoms with E-state index < -0.39 is 0 Å². The molecule has 0 unspecified atom stereocenters. The van der Waals surface area contributed by atoms with Crippen LogP contribution in [0.1, 0.15) is 12.8 Å². The monoisotopic (exact) mass is 403 g/mol. The van der Waals surface area contributed by atoms with Crippen LogP contribution in [0, 0.1) is 0 Å². The molecular formula is C20H21N9O. The highest BCUT2D eigenvalue weighted by Gasteiger charge is 2.20. The maximum absolute atomic E-state index is 11.8. The van der Waals surface area contributed by atoms with Gasteiger partial charge < -0.3 is 25.1 Å². The van der Waals surface area contributed by atoms with Gasteiger partial charge in [0.05, 0.1) is 12.7 Å². The van der Waals surface area contributed by atoms with Crippen molar-refractivity contribution in [2.45, 2.75) is 19.4 Å². The van der Waals surface area contributed by atoms with Gasteiger partial charge in [0.25, 0.3) is 0 Å². The van der Waals surface area contributed by atoms with Gasteiger partial charge in [-0.25, -0.2) is 9.97 Å². The molecule has 0 atom stereocenters. The number of nitrogens with zero attached hydrogens (tertiary/aromatic N) is 7. The fourth-order valence-corrected chi connectivity index (χ4v) is 3.61. The highest BCUT2D eigenvalue weighted by atomic mass is 16.2. The van der Waals surface area contributed by atoms with E-state index in [0.29, 0.717) is 42.4 Å². The summed E-state index contributed by atoms with van der Waals surface area (Å²) in [7, 11) is 0. The Hall–Kier alpha value is -3.95. The molecule has 1 fully saturated rings. The Kier molecular flexibility index (Phi) is 4.51. The van der Waals surface area contributed by atoms with Gasteiger partial charge in [0.15, 0.2) is 11.5 Å². The van der Waals surface area contributed by atoms with Gasteiger partial charge in [0.1, 0.15) is 5.52 Å². The third-order valence-electron chi connectivity index (χ3n) is 5.20. The molecule has 3 N–H and O–H groups in total. The third kappa shape index (κ3) is 3.43. The predicted octanol–water partition coefficient (Wildman–Crippen LogP) is 1.96. The van der Waals surface area contributed by atoms with Crippen molar-refractivity contribution in [2.75, 3.05) is 24.1 Å². The summed E-state index contributed by atoms with van der Waals surface area (Å²) < 4.78 is 3.83. The minimum atomic E-state index is 0.204. The summed E-state index contributed by atoms with van der Waals surface area (Å²) in [6.07, 6.45) is 8.62. The van der Waals surface area contributed by atoms with Crippen LogP contribution in [0.4, 0.5) is 17.5 Å². The van der Waals surface area contributed by atoms with E-state index in [1.807, 2.05) is 44.5 Å². The predicted molar refractivity (Wildman–Crippen MR) is 112 cm³/mol. The Morgan fingerprint density at radius 2 is 1.97 bits per heavy atom. The van der Waals surface area contributed by atoms with Crippen LogP contribution in [0.5, 0.6) is 0 Å². The molecule has 0 spiro atoms. The number of rotatable bonds is 6. The molecule has 1 saturated heterocycles. The Balaban J connectivity index is 1.36. The molecule has 10 heteroatoms. The summed E-state index contributed by atoms with van der Waals surface area (Å²) in [5.41, 5.74) is 9.16. The lowest BCUT2D eigenvalue weighted by Crippen LogP contribution is -2.28. The second-order valence-electron chi connectivity index (χ2n) is 7.17. The van der Waals surface area contributed by atoms with Crippen molar-refractivity contribution in [2.24, 2.45) is 0 Å². The Labute approximate surface area is 172 Å². The first-order chi connectivity index (χ1) is 14.7. The van der Waals surface area contributed by atoms with E-state index in [1.165, 1.54) is 0 Å². The first kappa shape index (κ1) is 18.1. The van der Waals surface area contributed by atoms with Crippen LogP contribution in [-0.4, -0.2) is 53.0 Å². The maximum atomic E-state index is 11.8. The molecule has 0 aliphatic carbocycles. The van der Waals surface area contributed by atoms with Gasteiger partial charge in [-0.3, -0.25) is 4.79 Å². The first-order valence-electron chi connectivity index (χ1n) is 9.79. The average Bonchev–Trinajstić information content (AvgIpc) is 3.49. The van der Waals surface area contributed by atoms with Crippen molar-refractivity contribution in [3.8, 4) is 5.69 Å². The summed E-state index contributed by atoms with van der Waals surface area (Å²) in [4.78, 5) is 31.1. The van der Waals surface area contributed by atoms with Gasteiger partial charge in [0, 0.05) is 49.8 Å². The van der Waals surface area contributed by atoms with Crippen molar-refractivity contribution in [3.63, 3.8) is 0 Å². The lowest BCUT2D eigenvalue weighted by atomic mass is 10.3. The van der Waals surface area contributed by atoms with E-state index >= 15 is 0 Å². The number of fused-ring (bicyclic) bond motifs is 1. The van der Waals surface area contributed by atoms with Gasteiger partial charge >= 0.3 is 0 Å². The smallest absolute Gasteiger partial charge is 0.231 e. The topological polar surface area (TPSA) is 120 Å². The molecule has 0 bridgehead atoms. The number of nitrogens with one attached hydrogen (secondary N) is 1. The van der Waals surface area contributed by atoms with Crippen molar-refractivity contribution in [1.82, 2.24) is 34.0 Å². The van der Waals surface area contributed by atoms with Crippen LogP contribution in [0.2, 0.25) is 0 Å². The van der Waals surface area contributed by atoms with E-state index in [-0.39, 0.29) is 5.91 Å². The number of aromatic nitrogens is 6. The van der Waals surface area contributed by atoms with Crippen LogP contribution < -0.4 is 11.1 Å². The molecule has 3 aromatic heterocycles. The van der Waals surface area contributed by atoms with Gasteiger partial charge in [-0.15, -0.1) is 0 Å². The van der Waals surface area contributed by atoms with Crippen LogP contribution >= 0.6 is 0 Å². The van der Waals surface area contributed by atoms with Crippen LogP contribution in [-0.2, 0) is 11.3 Å². The van der Waals surface area contributed by atoms with E-state index in [2.05, 4.69) is 25.3 Å². The molecule has 152 valence electrons. The lowest BCUT2D eigenvalue weighted by molar-refractivity contribution is -0.127. The number of imidazole rings is 2. The van der Waals surface area contributed by atoms with Crippen molar-refractivity contribution in [3.05, 3.63) is 49.3 Å². The van der Waals surface area contributed by atoms with Gasteiger partial charge in [-0.1, -0.05) is 0 Å². The zero-order valence-corrected chi connectivity index (χ0v) is 16.3. The molecule has 10 nitrogen and oxygen atoms in total. The second-order valence-corrected chi connectivity index (χ2v) is 7.17. The summed E-state index contributed by atoms with van der Waals surface area (Å²) >= 11 is 0. The molecule has 30 heavy (non-hydrogen) atoms. The quantitative estimate of drug-likeness (QED) is 0.505. The number of anilines is 3. The number of nitrogen functional groups attached to an aromatic ring is 1. The Morgan fingerprint density at radius 1 is 1.10 bits per heavy atom. The summed E-state index contributed by atoms with van der Waals surface area (Å²) in [5, 5.41) is 3.20. The second kappa shape index (κ2) is 7.47. The van der Waals surface area contributed by atoms with Gasteiger partial charge in [0.2, 0.25) is 11.9 Å². The van der Waals surface area contributed by atoms with Gasteiger partial charge in [-0.05, 0) is 30.7 Å². The zero-order chi connectivity index (χ0) is 20.5. The first-order valence-corrected chi connectivity index (χ1v) is 9.79. The Bertz CT molecular complexity index is 1180. The number of amides is 1. The highest BCUT2D eigenvalue weighted by Crippen LogP contribution is 2.22. The lowest BCUT2D eigenvalue weighted by Gasteiger charge is -2.15. The number of carbonyl (C=O) groups excluding carboxylic acids is 1. The van der Waals surface area contributed by atoms with E-state index in [9.17, 15) is 4.79 Å². The van der Waals surface area contributed by atoms with E-state index in [1.54, 1.807) is 18.9 Å². The van der Waals surface area contributed by atoms with E-state index in [0.717, 1.165) is 24.3 Å². The standard InChI is InChI=1S/C20H21N9O/c21-18-17-19(29(13-23-17)11-10-27-8-1-2-16(27)30)26-20(25-18)24-14-3-5-15(6-4-14)28-9-7-22-12-28/h3-7,9,12-13H,1-2,8,10-11H2,(H3,21,24,25,26). The third-order valence-corrected chi connectivity index (χ3v) is 5.20. The summed E-state index contributed by atoms with van der Waals surface area (Å²) in [6, 6.07) is 7.83. The SMILES string of the molecule is Nc1nc(Nc2ccc(-n3ccnc3)cc2)nc2c1ncn2CCN1CCCC1=O. The molecule has 4 heterocycles. The van der Waals surface area contributed by atoms with Crippen molar-refractivity contribution < 1.29 is 4.79 Å². The van der Waals surface area contributed by atoms with E-state index in [4.69, 9.17) is 5.73 Å². The largest absolute Gasteiger partial charge is 0.382 e. The molecule has 5 rings (SSSR count). The van der Waals surface area contributed by atoms with Crippen molar-refractivity contribution >= 4 is 34.5 Å².